The molecule has 0 aliphatic carbocycles. The molecule has 0 atom stereocenters. The van der Waals surface area contributed by atoms with E-state index < -0.39 is 0 Å². The Balaban J connectivity index is 1.96. The van der Waals surface area contributed by atoms with Crippen LogP contribution < -0.4 is 5.56 Å². The van der Waals surface area contributed by atoms with Gasteiger partial charge in [0.15, 0.2) is 5.78 Å². The Morgan fingerprint density at radius 2 is 2.00 bits per heavy atom. The van der Waals surface area contributed by atoms with Gasteiger partial charge < -0.3 is 4.98 Å². The Bertz CT molecular complexity index is 880. The second-order valence-corrected chi connectivity index (χ2v) is 4.58. The number of carbonyl (C=O) groups excluding carboxylic acids is 1. The van der Waals surface area contributed by atoms with Crippen molar-refractivity contribution < 1.29 is 4.79 Å². The van der Waals surface area contributed by atoms with E-state index in [0.29, 0.717) is 0 Å². The predicted molar refractivity (Wildman–Crippen MR) is 82.2 cm³/mol. The molecule has 0 unspecified atom stereocenters. The predicted octanol–water partition coefficient (Wildman–Crippen LogP) is 2.82. The zero-order valence-corrected chi connectivity index (χ0v) is 11.1. The number of para-hydroxylation sites is 1. The molecule has 0 fully saturated rings. The third-order valence-electron chi connectivity index (χ3n) is 3.13. The second kappa shape index (κ2) is 5.54. The molecule has 0 amide bonds. The van der Waals surface area contributed by atoms with E-state index in [4.69, 9.17) is 0 Å². The molecule has 3 rings (SSSR count). The number of hydrogen-bond acceptors (Lipinski definition) is 3. The summed E-state index contributed by atoms with van der Waals surface area (Å²) in [5, 5.41) is 0.829. The lowest BCUT2D eigenvalue weighted by atomic mass is 10.1. The van der Waals surface area contributed by atoms with Gasteiger partial charge in [0.25, 0.3) is 5.56 Å². The van der Waals surface area contributed by atoms with Crippen molar-refractivity contribution in [1.29, 1.82) is 0 Å². The van der Waals surface area contributed by atoms with E-state index in [2.05, 4.69) is 9.97 Å². The zero-order chi connectivity index (χ0) is 14.7. The number of hydrogen-bond donors (Lipinski definition) is 1. The average molecular weight is 276 g/mol. The van der Waals surface area contributed by atoms with E-state index in [1.165, 1.54) is 6.08 Å². The van der Waals surface area contributed by atoms with Crippen molar-refractivity contribution in [2.75, 3.05) is 0 Å². The van der Waals surface area contributed by atoms with Crippen LogP contribution in [0.4, 0.5) is 0 Å². The molecule has 3 aromatic rings. The van der Waals surface area contributed by atoms with Crippen LogP contribution in [0.1, 0.15) is 15.9 Å². The molecule has 0 bridgehead atoms. The van der Waals surface area contributed by atoms with Gasteiger partial charge >= 0.3 is 0 Å². The van der Waals surface area contributed by atoms with Crippen molar-refractivity contribution in [2.45, 2.75) is 0 Å². The summed E-state index contributed by atoms with van der Waals surface area (Å²) in [5.41, 5.74) is 1.28. The van der Waals surface area contributed by atoms with E-state index in [1.54, 1.807) is 36.7 Å². The number of H-pyrrole nitrogens is 1. The van der Waals surface area contributed by atoms with Crippen LogP contribution >= 0.6 is 0 Å². The van der Waals surface area contributed by atoms with E-state index in [-0.39, 0.29) is 16.9 Å². The topological polar surface area (TPSA) is 62.8 Å². The second-order valence-electron chi connectivity index (χ2n) is 4.58. The number of aromatic amines is 1. The summed E-state index contributed by atoms with van der Waals surface area (Å²) in [5.74, 6) is -0.328. The number of nitrogens with one attached hydrogen (secondary N) is 1. The number of pyridine rings is 2. The summed E-state index contributed by atoms with van der Waals surface area (Å²) in [7, 11) is 0. The van der Waals surface area contributed by atoms with Gasteiger partial charge in [-0.25, -0.2) is 0 Å². The minimum absolute atomic E-state index is 0.133. The number of nitrogens with zero attached hydrogens (tertiary/aromatic N) is 1. The van der Waals surface area contributed by atoms with Gasteiger partial charge in [0, 0.05) is 17.9 Å². The number of aromatic nitrogens is 2. The number of rotatable bonds is 3. The first-order valence-corrected chi connectivity index (χ1v) is 6.48. The normalized spacial score (nSPS) is 11.0. The number of benzene rings is 1. The summed E-state index contributed by atoms with van der Waals surface area (Å²) in [6.07, 6.45) is 6.34. The van der Waals surface area contributed by atoms with Crippen molar-refractivity contribution >= 4 is 22.8 Å². The molecule has 4 nitrogen and oxygen atoms in total. The Kier molecular flexibility index (Phi) is 3.43. The van der Waals surface area contributed by atoms with Crippen molar-refractivity contribution in [3.05, 3.63) is 82.4 Å². The summed E-state index contributed by atoms with van der Waals surface area (Å²) >= 11 is 0. The Labute approximate surface area is 120 Å². The van der Waals surface area contributed by atoms with Gasteiger partial charge in [0.2, 0.25) is 0 Å². The van der Waals surface area contributed by atoms with Crippen LogP contribution in [0.2, 0.25) is 0 Å². The molecular weight excluding hydrogens is 264 g/mol. The van der Waals surface area contributed by atoms with Gasteiger partial charge in [-0.3, -0.25) is 14.6 Å². The summed E-state index contributed by atoms with van der Waals surface area (Å²) < 4.78 is 0. The van der Waals surface area contributed by atoms with Gasteiger partial charge in [-0.15, -0.1) is 0 Å². The molecule has 0 saturated carbocycles. The molecule has 1 aromatic carbocycles. The SMILES string of the molecule is O=C(/C=C/c1cccnc1)c1cc2ccccc2[nH]c1=O. The highest BCUT2D eigenvalue weighted by atomic mass is 16.1. The minimum Gasteiger partial charge on any atom is -0.321 e. The molecule has 4 heteroatoms. The van der Waals surface area contributed by atoms with Crippen LogP contribution in [0.5, 0.6) is 0 Å². The highest BCUT2D eigenvalue weighted by molar-refractivity contribution is 6.08. The molecule has 2 heterocycles. The fourth-order valence-corrected chi connectivity index (χ4v) is 2.07. The lowest BCUT2D eigenvalue weighted by molar-refractivity contribution is 0.104. The van der Waals surface area contributed by atoms with E-state index in [9.17, 15) is 9.59 Å². The maximum Gasteiger partial charge on any atom is 0.259 e. The lowest BCUT2D eigenvalue weighted by Gasteiger charge is -2.00. The van der Waals surface area contributed by atoms with Crippen LogP contribution in [0, 0.1) is 0 Å². The Hall–Kier alpha value is -3.01. The highest BCUT2D eigenvalue weighted by Gasteiger charge is 2.08. The molecule has 0 spiro atoms. The number of fused-ring (bicyclic) bond motifs is 1. The van der Waals surface area contributed by atoms with E-state index in [0.717, 1.165) is 16.5 Å². The van der Waals surface area contributed by atoms with Crippen LogP contribution in [0.25, 0.3) is 17.0 Å². The maximum absolute atomic E-state index is 12.2. The van der Waals surface area contributed by atoms with Crippen LogP contribution in [-0.4, -0.2) is 15.8 Å². The molecule has 0 aliphatic rings. The third-order valence-corrected chi connectivity index (χ3v) is 3.13. The van der Waals surface area contributed by atoms with Crippen molar-refractivity contribution in [2.24, 2.45) is 0 Å². The van der Waals surface area contributed by atoms with E-state index in [1.807, 2.05) is 24.3 Å². The van der Waals surface area contributed by atoms with Crippen LogP contribution in [-0.2, 0) is 0 Å². The van der Waals surface area contributed by atoms with Crippen LogP contribution in [0.3, 0.4) is 0 Å². The minimum atomic E-state index is -0.380. The third kappa shape index (κ3) is 2.79. The Morgan fingerprint density at radius 1 is 1.14 bits per heavy atom. The highest BCUT2D eigenvalue weighted by Crippen LogP contribution is 2.11. The fourth-order valence-electron chi connectivity index (χ4n) is 2.07. The first kappa shape index (κ1) is 13.0. The van der Waals surface area contributed by atoms with Gasteiger partial charge in [-0.1, -0.05) is 24.3 Å². The monoisotopic (exact) mass is 276 g/mol. The van der Waals surface area contributed by atoms with E-state index >= 15 is 0 Å². The first-order chi connectivity index (χ1) is 10.2. The molecule has 2 aromatic heterocycles. The quantitative estimate of drug-likeness (QED) is 0.591. The number of ketones is 1. The van der Waals surface area contributed by atoms with Gasteiger partial charge in [0.1, 0.15) is 0 Å². The smallest absolute Gasteiger partial charge is 0.259 e. The lowest BCUT2D eigenvalue weighted by Crippen LogP contribution is -2.16. The largest absolute Gasteiger partial charge is 0.321 e. The molecule has 21 heavy (non-hydrogen) atoms. The van der Waals surface area contributed by atoms with Crippen molar-refractivity contribution in [1.82, 2.24) is 9.97 Å². The van der Waals surface area contributed by atoms with Gasteiger partial charge in [-0.05, 0) is 41.3 Å². The van der Waals surface area contributed by atoms with Gasteiger partial charge in [-0.2, -0.15) is 0 Å². The summed E-state index contributed by atoms with van der Waals surface area (Å²) in [6, 6.07) is 12.6. The molecular formula is C17H12N2O2. The Morgan fingerprint density at radius 3 is 2.81 bits per heavy atom. The molecule has 0 aliphatic heterocycles. The molecule has 102 valence electrons. The summed E-state index contributed by atoms with van der Waals surface area (Å²) in [6.45, 7) is 0. The van der Waals surface area contributed by atoms with Crippen molar-refractivity contribution in [3.8, 4) is 0 Å². The zero-order valence-electron chi connectivity index (χ0n) is 11.1. The average Bonchev–Trinajstić information content (AvgIpc) is 2.53. The fraction of sp³-hybridized carbons (Fsp3) is 0. The number of allylic oxidation sites excluding steroid dienone is 1. The van der Waals surface area contributed by atoms with Crippen LogP contribution in [0.15, 0.2) is 65.7 Å². The number of carbonyl (C=O) groups is 1. The maximum atomic E-state index is 12.2. The molecule has 0 saturated heterocycles. The van der Waals surface area contributed by atoms with Gasteiger partial charge in [0.05, 0.1) is 5.56 Å². The van der Waals surface area contributed by atoms with Crippen molar-refractivity contribution in [3.63, 3.8) is 0 Å². The first-order valence-electron chi connectivity index (χ1n) is 6.48. The molecule has 0 radical (unpaired) electrons. The standard InChI is InChI=1S/C17H12N2O2/c20-16(8-7-12-4-3-9-18-11-12)14-10-13-5-1-2-6-15(13)19-17(14)21/h1-11H,(H,19,21)/b8-7+. The molecule has 1 N–H and O–H groups in total. The summed E-state index contributed by atoms with van der Waals surface area (Å²) in [4.78, 5) is 30.8.